The van der Waals surface area contributed by atoms with Crippen LogP contribution in [-0.4, -0.2) is 22.3 Å². The van der Waals surface area contributed by atoms with Gasteiger partial charge in [0.2, 0.25) is 5.95 Å². The second-order valence-electron chi connectivity index (χ2n) is 5.60. The number of fused-ring (bicyclic) bond motifs is 1. The molecule has 0 saturated heterocycles. The van der Waals surface area contributed by atoms with Crippen LogP contribution < -0.4 is 5.32 Å². The topological polar surface area (TPSA) is 37.8 Å². The van der Waals surface area contributed by atoms with E-state index in [1.54, 1.807) is 11.3 Å². The minimum absolute atomic E-state index is 0.737. The molecule has 0 spiro atoms. The molecule has 1 N–H and O–H groups in total. The zero-order valence-corrected chi connectivity index (χ0v) is 15.0. The molecule has 0 unspecified atom stereocenters. The van der Waals surface area contributed by atoms with E-state index in [-0.39, 0.29) is 0 Å². The van der Waals surface area contributed by atoms with Gasteiger partial charge in [-0.25, -0.2) is 9.97 Å². The normalized spacial score (nSPS) is 11.5. The van der Waals surface area contributed by atoms with Crippen molar-refractivity contribution in [3.05, 3.63) is 10.9 Å². The van der Waals surface area contributed by atoms with E-state index < -0.39 is 0 Å². The molecule has 21 heavy (non-hydrogen) atoms. The van der Waals surface area contributed by atoms with Gasteiger partial charge in [-0.05, 0) is 37.0 Å². The molecule has 0 bridgehead atoms. The lowest BCUT2D eigenvalue weighted by molar-refractivity contribution is 0.632. The fourth-order valence-corrected chi connectivity index (χ4v) is 4.21. The standard InChI is InChI=1S/C16H25N3S2/c1-5-8-17-16-18-14(20-9-7-11(3)4)13-10-12(6-2)21-15(13)19-16/h10-11H,5-9H2,1-4H3,(H,17,18,19). The molecule has 0 aliphatic rings. The Kier molecular flexibility index (Phi) is 6.30. The summed E-state index contributed by atoms with van der Waals surface area (Å²) in [5.74, 6) is 2.64. The Balaban J connectivity index is 2.27. The lowest BCUT2D eigenvalue weighted by Gasteiger charge is -2.08. The number of thioether (sulfide) groups is 1. The van der Waals surface area contributed by atoms with Crippen molar-refractivity contribution in [1.29, 1.82) is 0 Å². The van der Waals surface area contributed by atoms with Gasteiger partial charge in [0.05, 0.1) is 0 Å². The van der Waals surface area contributed by atoms with E-state index in [0.717, 1.165) is 46.9 Å². The second-order valence-corrected chi connectivity index (χ2v) is 7.79. The Morgan fingerprint density at radius 1 is 1.29 bits per heavy atom. The fraction of sp³-hybridized carbons (Fsp3) is 0.625. The monoisotopic (exact) mass is 323 g/mol. The molecule has 2 rings (SSSR count). The molecule has 0 aromatic carbocycles. The number of aryl methyl sites for hydroxylation is 1. The van der Waals surface area contributed by atoms with Crippen LogP contribution >= 0.6 is 23.1 Å². The van der Waals surface area contributed by atoms with E-state index in [0.29, 0.717) is 0 Å². The first-order valence-corrected chi connectivity index (χ1v) is 9.61. The van der Waals surface area contributed by atoms with Crippen LogP contribution in [0.1, 0.15) is 45.4 Å². The van der Waals surface area contributed by atoms with Crippen molar-refractivity contribution in [3.63, 3.8) is 0 Å². The molecule has 5 heteroatoms. The van der Waals surface area contributed by atoms with Crippen molar-refractivity contribution >= 4 is 39.3 Å². The summed E-state index contributed by atoms with van der Waals surface area (Å²) in [7, 11) is 0. The molecule has 0 saturated carbocycles. The zero-order valence-electron chi connectivity index (χ0n) is 13.4. The van der Waals surface area contributed by atoms with Crippen molar-refractivity contribution in [1.82, 2.24) is 9.97 Å². The molecule has 3 nitrogen and oxygen atoms in total. The lowest BCUT2D eigenvalue weighted by atomic mass is 10.2. The molecule has 0 atom stereocenters. The number of hydrogen-bond acceptors (Lipinski definition) is 5. The number of nitrogens with one attached hydrogen (secondary N) is 1. The van der Waals surface area contributed by atoms with Gasteiger partial charge < -0.3 is 5.32 Å². The molecule has 0 aliphatic heterocycles. The number of aromatic nitrogens is 2. The summed E-state index contributed by atoms with van der Waals surface area (Å²) in [5.41, 5.74) is 0. The van der Waals surface area contributed by atoms with Crippen LogP contribution in [0, 0.1) is 5.92 Å². The first-order valence-electron chi connectivity index (χ1n) is 7.81. The number of anilines is 1. The quantitative estimate of drug-likeness (QED) is 0.534. The summed E-state index contributed by atoms with van der Waals surface area (Å²) in [4.78, 5) is 11.9. The van der Waals surface area contributed by atoms with Gasteiger partial charge in [-0.2, -0.15) is 0 Å². The Labute approximate surface area is 136 Å². The predicted molar refractivity (Wildman–Crippen MR) is 95.8 cm³/mol. The molecule has 0 radical (unpaired) electrons. The smallest absolute Gasteiger partial charge is 0.225 e. The average molecular weight is 324 g/mol. The Morgan fingerprint density at radius 3 is 2.76 bits per heavy atom. The SMILES string of the molecule is CCCNc1nc(SCCC(C)C)c2cc(CC)sc2n1. The summed E-state index contributed by atoms with van der Waals surface area (Å²) >= 11 is 3.66. The van der Waals surface area contributed by atoms with Crippen LogP contribution in [0.25, 0.3) is 10.2 Å². The molecule has 2 heterocycles. The van der Waals surface area contributed by atoms with Crippen LogP contribution in [0.15, 0.2) is 11.1 Å². The van der Waals surface area contributed by atoms with Crippen LogP contribution in [-0.2, 0) is 6.42 Å². The lowest BCUT2D eigenvalue weighted by Crippen LogP contribution is -2.04. The van der Waals surface area contributed by atoms with E-state index in [2.05, 4.69) is 44.1 Å². The van der Waals surface area contributed by atoms with Crippen LogP contribution in [0.2, 0.25) is 0 Å². The van der Waals surface area contributed by atoms with Crippen molar-refractivity contribution in [2.75, 3.05) is 17.6 Å². The van der Waals surface area contributed by atoms with Crippen molar-refractivity contribution in [3.8, 4) is 0 Å². The van der Waals surface area contributed by atoms with Crippen molar-refractivity contribution in [2.45, 2.75) is 52.0 Å². The molecule has 2 aromatic heterocycles. The van der Waals surface area contributed by atoms with E-state index in [4.69, 9.17) is 4.98 Å². The van der Waals surface area contributed by atoms with E-state index in [9.17, 15) is 0 Å². The summed E-state index contributed by atoms with van der Waals surface area (Å²) in [6.07, 6.45) is 3.37. The highest BCUT2D eigenvalue weighted by molar-refractivity contribution is 7.99. The first-order chi connectivity index (χ1) is 10.1. The van der Waals surface area contributed by atoms with Crippen molar-refractivity contribution < 1.29 is 0 Å². The molecular formula is C16H25N3S2. The van der Waals surface area contributed by atoms with Gasteiger partial charge in [-0.15, -0.1) is 23.1 Å². The average Bonchev–Trinajstić information content (AvgIpc) is 2.88. The highest BCUT2D eigenvalue weighted by Crippen LogP contribution is 2.33. The fourth-order valence-electron chi connectivity index (χ4n) is 1.94. The molecule has 2 aromatic rings. The first kappa shape index (κ1) is 16.6. The summed E-state index contributed by atoms with van der Waals surface area (Å²) in [5, 5.41) is 5.69. The molecule has 0 aliphatic carbocycles. The third kappa shape index (κ3) is 4.58. The third-order valence-corrected chi connectivity index (χ3v) is 5.42. The van der Waals surface area contributed by atoms with Gasteiger partial charge in [0, 0.05) is 16.8 Å². The highest BCUT2D eigenvalue weighted by atomic mass is 32.2. The maximum absolute atomic E-state index is 4.73. The van der Waals surface area contributed by atoms with E-state index >= 15 is 0 Å². The van der Waals surface area contributed by atoms with Crippen LogP contribution in [0.3, 0.4) is 0 Å². The Hall–Kier alpha value is -0.810. The van der Waals surface area contributed by atoms with Gasteiger partial charge in [-0.1, -0.05) is 27.7 Å². The molecule has 0 fully saturated rings. The zero-order chi connectivity index (χ0) is 15.2. The van der Waals surface area contributed by atoms with Gasteiger partial charge >= 0.3 is 0 Å². The minimum Gasteiger partial charge on any atom is -0.354 e. The maximum atomic E-state index is 4.73. The number of hydrogen-bond donors (Lipinski definition) is 1. The summed E-state index contributed by atoms with van der Waals surface area (Å²) in [6, 6.07) is 2.27. The van der Waals surface area contributed by atoms with Gasteiger partial charge in [0.25, 0.3) is 0 Å². The Morgan fingerprint density at radius 2 is 2.10 bits per heavy atom. The number of rotatable bonds is 8. The maximum Gasteiger partial charge on any atom is 0.225 e. The predicted octanol–water partition coefficient (Wildman–Crippen LogP) is 5.21. The van der Waals surface area contributed by atoms with Gasteiger partial charge in [0.1, 0.15) is 9.86 Å². The van der Waals surface area contributed by atoms with E-state index in [1.165, 1.54) is 16.7 Å². The van der Waals surface area contributed by atoms with E-state index in [1.807, 2.05) is 11.8 Å². The number of thiophene rings is 1. The van der Waals surface area contributed by atoms with Gasteiger partial charge in [0.15, 0.2) is 0 Å². The summed E-state index contributed by atoms with van der Waals surface area (Å²) in [6.45, 7) is 9.81. The van der Waals surface area contributed by atoms with Crippen molar-refractivity contribution in [2.24, 2.45) is 5.92 Å². The Bertz CT molecular complexity index is 578. The molecule has 0 amide bonds. The molecule has 116 valence electrons. The minimum atomic E-state index is 0.737. The largest absolute Gasteiger partial charge is 0.354 e. The van der Waals surface area contributed by atoms with Crippen LogP contribution in [0.4, 0.5) is 5.95 Å². The van der Waals surface area contributed by atoms with Crippen LogP contribution in [0.5, 0.6) is 0 Å². The third-order valence-electron chi connectivity index (χ3n) is 3.22. The number of nitrogens with zero attached hydrogens (tertiary/aromatic N) is 2. The summed E-state index contributed by atoms with van der Waals surface area (Å²) < 4.78 is 0. The second kappa shape index (κ2) is 7.99. The highest BCUT2D eigenvalue weighted by Gasteiger charge is 2.12. The van der Waals surface area contributed by atoms with Gasteiger partial charge in [-0.3, -0.25) is 0 Å². The molecular weight excluding hydrogens is 298 g/mol.